The summed E-state index contributed by atoms with van der Waals surface area (Å²) in [7, 11) is 0. The fourth-order valence-corrected chi connectivity index (χ4v) is 5.03. The van der Waals surface area contributed by atoms with Gasteiger partial charge in [0.25, 0.3) is 0 Å². The Morgan fingerprint density at radius 3 is 2.56 bits per heavy atom. The standard InChI is InChI=1S/C16H28/c1-6-13-12(2)8-9-14-15(3,4)10-7-11-16(13,14)5/h13-14H,2,6-11H2,1,3-5H3/t13-,14-,16+/m0/s1. The molecule has 0 N–H and O–H groups in total. The first-order valence-corrected chi connectivity index (χ1v) is 7.09. The van der Waals surface area contributed by atoms with Gasteiger partial charge >= 0.3 is 0 Å². The summed E-state index contributed by atoms with van der Waals surface area (Å²) in [6.07, 6.45) is 8.24. The Balaban J connectivity index is 2.34. The van der Waals surface area contributed by atoms with Crippen molar-refractivity contribution in [2.24, 2.45) is 22.7 Å². The van der Waals surface area contributed by atoms with E-state index in [1.165, 1.54) is 38.5 Å². The van der Waals surface area contributed by atoms with Crippen LogP contribution in [0.5, 0.6) is 0 Å². The summed E-state index contributed by atoms with van der Waals surface area (Å²) in [6.45, 7) is 14.2. The monoisotopic (exact) mass is 220 g/mol. The third-order valence-corrected chi connectivity index (χ3v) is 5.73. The molecule has 0 aromatic rings. The Labute approximate surface area is 102 Å². The zero-order chi connectivity index (χ0) is 12.0. The Hall–Kier alpha value is -0.260. The van der Waals surface area contributed by atoms with Gasteiger partial charge in [-0.05, 0) is 54.8 Å². The second-order valence-electron chi connectivity index (χ2n) is 7.06. The molecule has 0 aromatic heterocycles. The number of allylic oxidation sites excluding steroid dienone is 1. The van der Waals surface area contributed by atoms with Crippen LogP contribution in [0.3, 0.4) is 0 Å². The summed E-state index contributed by atoms with van der Waals surface area (Å²) in [4.78, 5) is 0. The van der Waals surface area contributed by atoms with Gasteiger partial charge < -0.3 is 0 Å². The molecule has 16 heavy (non-hydrogen) atoms. The largest absolute Gasteiger partial charge is 0.0996 e. The van der Waals surface area contributed by atoms with Crippen LogP contribution in [0.15, 0.2) is 12.2 Å². The second kappa shape index (κ2) is 3.89. The van der Waals surface area contributed by atoms with Gasteiger partial charge in [0.1, 0.15) is 0 Å². The van der Waals surface area contributed by atoms with E-state index in [0.717, 1.165) is 11.8 Å². The molecule has 0 heteroatoms. The van der Waals surface area contributed by atoms with Gasteiger partial charge in [0.15, 0.2) is 0 Å². The lowest BCUT2D eigenvalue weighted by Crippen LogP contribution is -2.49. The van der Waals surface area contributed by atoms with Crippen molar-refractivity contribution in [3.05, 3.63) is 12.2 Å². The molecular weight excluding hydrogens is 192 g/mol. The lowest BCUT2D eigenvalue weighted by atomic mass is 9.47. The van der Waals surface area contributed by atoms with Gasteiger partial charge in [0, 0.05) is 0 Å². The molecule has 0 heterocycles. The van der Waals surface area contributed by atoms with Crippen LogP contribution in [0.2, 0.25) is 0 Å². The number of hydrogen-bond donors (Lipinski definition) is 0. The Morgan fingerprint density at radius 1 is 1.25 bits per heavy atom. The SMILES string of the molecule is C=C1CC[C@H]2C(C)(C)CCC[C@]2(C)[C@H]1CC. The van der Waals surface area contributed by atoms with Crippen LogP contribution in [0.4, 0.5) is 0 Å². The van der Waals surface area contributed by atoms with Crippen LogP contribution in [-0.4, -0.2) is 0 Å². The van der Waals surface area contributed by atoms with Crippen LogP contribution in [-0.2, 0) is 0 Å². The molecule has 2 aliphatic carbocycles. The minimum atomic E-state index is 0.547. The molecule has 3 atom stereocenters. The van der Waals surface area contributed by atoms with E-state index in [2.05, 4.69) is 34.3 Å². The van der Waals surface area contributed by atoms with E-state index in [4.69, 9.17) is 0 Å². The molecular formula is C16H28. The normalized spacial score (nSPS) is 42.9. The van der Waals surface area contributed by atoms with E-state index in [-0.39, 0.29) is 0 Å². The highest BCUT2D eigenvalue weighted by atomic mass is 14.6. The molecule has 2 saturated carbocycles. The van der Waals surface area contributed by atoms with Crippen LogP contribution in [0.1, 0.15) is 66.2 Å². The highest BCUT2D eigenvalue weighted by molar-refractivity contribution is 5.15. The van der Waals surface area contributed by atoms with Gasteiger partial charge in [-0.25, -0.2) is 0 Å². The summed E-state index contributed by atoms with van der Waals surface area (Å²) >= 11 is 0. The van der Waals surface area contributed by atoms with Crippen LogP contribution < -0.4 is 0 Å². The van der Waals surface area contributed by atoms with Gasteiger partial charge in [0.05, 0.1) is 0 Å². The van der Waals surface area contributed by atoms with Crippen molar-refractivity contribution in [1.82, 2.24) is 0 Å². The van der Waals surface area contributed by atoms with Crippen molar-refractivity contribution in [3.8, 4) is 0 Å². The highest BCUT2D eigenvalue weighted by Gasteiger charge is 2.52. The zero-order valence-electron chi connectivity index (χ0n) is 11.6. The van der Waals surface area contributed by atoms with Crippen molar-refractivity contribution in [3.63, 3.8) is 0 Å². The lowest BCUT2D eigenvalue weighted by molar-refractivity contribution is -0.0527. The summed E-state index contributed by atoms with van der Waals surface area (Å²) in [6, 6.07) is 0. The summed E-state index contributed by atoms with van der Waals surface area (Å²) in [5, 5.41) is 0. The molecule has 0 aliphatic heterocycles. The topological polar surface area (TPSA) is 0 Å². The number of rotatable bonds is 1. The van der Waals surface area contributed by atoms with Gasteiger partial charge in [0.2, 0.25) is 0 Å². The predicted octanol–water partition coefficient (Wildman–Crippen LogP) is 5.20. The Morgan fingerprint density at radius 2 is 1.94 bits per heavy atom. The highest BCUT2D eigenvalue weighted by Crippen LogP contribution is 2.61. The first-order chi connectivity index (χ1) is 7.42. The second-order valence-corrected chi connectivity index (χ2v) is 7.06. The molecule has 0 unspecified atom stereocenters. The predicted molar refractivity (Wildman–Crippen MR) is 71.4 cm³/mol. The van der Waals surface area contributed by atoms with E-state index in [0.29, 0.717) is 10.8 Å². The lowest BCUT2D eigenvalue weighted by Gasteiger charge is -2.58. The number of hydrogen-bond acceptors (Lipinski definition) is 0. The molecule has 2 fully saturated rings. The molecule has 0 radical (unpaired) electrons. The van der Waals surface area contributed by atoms with Crippen LogP contribution >= 0.6 is 0 Å². The summed E-state index contributed by atoms with van der Waals surface area (Å²) < 4.78 is 0. The summed E-state index contributed by atoms with van der Waals surface area (Å²) in [5.41, 5.74) is 2.64. The molecule has 0 amide bonds. The van der Waals surface area contributed by atoms with E-state index >= 15 is 0 Å². The van der Waals surface area contributed by atoms with Crippen molar-refractivity contribution < 1.29 is 0 Å². The maximum Gasteiger partial charge on any atom is -0.0152 e. The van der Waals surface area contributed by atoms with Crippen LogP contribution in [0, 0.1) is 22.7 Å². The average Bonchev–Trinajstić information content (AvgIpc) is 2.15. The van der Waals surface area contributed by atoms with Crippen molar-refractivity contribution >= 4 is 0 Å². The van der Waals surface area contributed by atoms with Crippen molar-refractivity contribution in [2.75, 3.05) is 0 Å². The first kappa shape index (κ1) is 12.2. The third kappa shape index (κ3) is 1.65. The van der Waals surface area contributed by atoms with Crippen LogP contribution in [0.25, 0.3) is 0 Å². The Kier molecular flexibility index (Phi) is 2.97. The quantitative estimate of drug-likeness (QED) is 0.533. The maximum atomic E-state index is 4.35. The molecule has 0 bridgehead atoms. The molecule has 0 saturated heterocycles. The van der Waals surface area contributed by atoms with Crippen molar-refractivity contribution in [2.45, 2.75) is 66.2 Å². The zero-order valence-corrected chi connectivity index (χ0v) is 11.6. The molecule has 0 spiro atoms. The molecule has 0 nitrogen and oxygen atoms in total. The Bertz CT molecular complexity index is 286. The van der Waals surface area contributed by atoms with Crippen molar-refractivity contribution in [1.29, 1.82) is 0 Å². The molecule has 2 aliphatic rings. The van der Waals surface area contributed by atoms with E-state index in [9.17, 15) is 0 Å². The van der Waals surface area contributed by atoms with Gasteiger partial charge in [-0.1, -0.05) is 46.3 Å². The fraction of sp³-hybridized carbons (Fsp3) is 0.875. The van der Waals surface area contributed by atoms with E-state index in [1.807, 2.05) is 0 Å². The maximum absolute atomic E-state index is 4.35. The van der Waals surface area contributed by atoms with Gasteiger partial charge in [-0.15, -0.1) is 0 Å². The number of fused-ring (bicyclic) bond motifs is 1. The molecule has 92 valence electrons. The summed E-state index contributed by atoms with van der Waals surface area (Å²) in [5.74, 6) is 1.70. The van der Waals surface area contributed by atoms with Gasteiger partial charge in [-0.3, -0.25) is 0 Å². The third-order valence-electron chi connectivity index (χ3n) is 5.73. The van der Waals surface area contributed by atoms with Gasteiger partial charge in [-0.2, -0.15) is 0 Å². The smallest absolute Gasteiger partial charge is 0.0152 e. The minimum Gasteiger partial charge on any atom is -0.0996 e. The molecule has 0 aromatic carbocycles. The fourth-order valence-electron chi connectivity index (χ4n) is 5.03. The van der Waals surface area contributed by atoms with E-state index in [1.54, 1.807) is 5.57 Å². The minimum absolute atomic E-state index is 0.547. The average molecular weight is 220 g/mol. The molecule has 2 rings (SSSR count). The first-order valence-electron chi connectivity index (χ1n) is 7.09. The van der Waals surface area contributed by atoms with E-state index < -0.39 is 0 Å².